The highest BCUT2D eigenvalue weighted by atomic mass is 32.2. The van der Waals surface area contributed by atoms with Crippen molar-refractivity contribution in [3.63, 3.8) is 0 Å². The molecule has 0 saturated carbocycles. The number of methoxy groups -OCH3 is 1. The smallest absolute Gasteiger partial charge is 0.338 e. The molecule has 0 aromatic carbocycles. The van der Waals surface area contributed by atoms with E-state index in [4.69, 9.17) is 26.4 Å². The minimum absolute atomic E-state index is 0.0318. The van der Waals surface area contributed by atoms with Gasteiger partial charge in [-0.15, -0.1) is 0 Å². The fourth-order valence-electron chi connectivity index (χ4n) is 3.36. The van der Waals surface area contributed by atoms with Crippen LogP contribution in [-0.2, 0) is 37.3 Å². The number of hydrogen-bond acceptors (Lipinski definition) is 10. The zero-order valence-corrected chi connectivity index (χ0v) is 26.5. The summed E-state index contributed by atoms with van der Waals surface area (Å²) in [6.45, 7) is 2.73. The predicted molar refractivity (Wildman–Crippen MR) is 146 cm³/mol. The molecule has 0 bridgehead atoms. The minimum atomic E-state index is -5.30. The van der Waals surface area contributed by atoms with E-state index in [1.165, 1.54) is 21.0 Å². The predicted octanol–water partition coefficient (Wildman–Crippen LogP) is 1.57. The molecule has 0 aromatic rings. The van der Waals surface area contributed by atoms with Gasteiger partial charge in [-0.1, -0.05) is 18.7 Å². The number of esters is 1. The monoisotopic (exact) mass is 684 g/mol. The van der Waals surface area contributed by atoms with Gasteiger partial charge < -0.3 is 53.4 Å². The maximum absolute atomic E-state index is 12.3. The van der Waals surface area contributed by atoms with Crippen molar-refractivity contribution in [1.29, 1.82) is 0 Å². The van der Waals surface area contributed by atoms with Crippen LogP contribution in [0.4, 0.5) is 0 Å². The Labute approximate surface area is 235 Å². The first kappa shape index (κ1) is 39.3. The average Bonchev–Trinajstić information content (AvgIpc) is 2.73. The molecule has 5 unspecified atom stereocenters. The Morgan fingerprint density at radius 2 is 1.18 bits per heavy atom. The van der Waals surface area contributed by atoms with Crippen molar-refractivity contribution in [3.8, 4) is 0 Å². The third-order valence-electron chi connectivity index (χ3n) is 5.42. The lowest BCUT2D eigenvalue weighted by molar-refractivity contribution is -0.149. The zero-order chi connectivity index (χ0) is 30.8. The number of thioether (sulfide) groups is 1. The Morgan fingerprint density at radius 3 is 1.56 bits per heavy atom. The maximum Gasteiger partial charge on any atom is 0.338 e. The normalized spacial score (nSPS) is 17.1. The Kier molecular flexibility index (Phi) is 16.9. The van der Waals surface area contributed by atoms with Gasteiger partial charge in [0.15, 0.2) is 0 Å². The van der Waals surface area contributed by atoms with Crippen LogP contribution in [0.25, 0.3) is 0 Å². The van der Waals surface area contributed by atoms with Crippen LogP contribution in [0, 0.1) is 5.92 Å². The van der Waals surface area contributed by atoms with Gasteiger partial charge in [0.05, 0.1) is 36.1 Å². The van der Waals surface area contributed by atoms with E-state index in [0.29, 0.717) is 11.8 Å². The molecule has 0 aliphatic heterocycles. The SMILES string of the molecule is CCOC(=S)SC(CC(CC(CC(CC(C)C(=O)OCCOC)P(=O)(O)O)P(=O)(O)O)P(=O)(O)O)P(=O)(O)O. The third-order valence-corrected chi connectivity index (χ3v) is 12.8. The zero-order valence-electron chi connectivity index (χ0n) is 21.3. The van der Waals surface area contributed by atoms with Crippen molar-refractivity contribution < 1.29 is 76.4 Å². The Hall–Kier alpha value is 0.270. The maximum atomic E-state index is 12.3. The molecule has 0 aliphatic rings. The minimum Gasteiger partial charge on any atom is -0.479 e. The second-order valence-corrected chi connectivity index (χ2v) is 18.3. The van der Waals surface area contributed by atoms with Gasteiger partial charge in [-0.2, -0.15) is 0 Å². The Balaban J connectivity index is 6.10. The van der Waals surface area contributed by atoms with Gasteiger partial charge >= 0.3 is 36.4 Å². The van der Waals surface area contributed by atoms with Crippen molar-refractivity contribution in [2.75, 3.05) is 26.9 Å². The van der Waals surface area contributed by atoms with Gasteiger partial charge in [-0.05, 0) is 44.8 Å². The molecule has 0 saturated heterocycles. The van der Waals surface area contributed by atoms with Crippen molar-refractivity contribution in [2.45, 2.75) is 61.5 Å². The van der Waals surface area contributed by atoms with Crippen LogP contribution in [0.1, 0.15) is 39.5 Å². The summed E-state index contributed by atoms with van der Waals surface area (Å²) in [4.78, 5) is 88.9. The number of carbonyl (C=O) groups is 1. The van der Waals surface area contributed by atoms with Gasteiger partial charge in [-0.3, -0.25) is 23.1 Å². The lowest BCUT2D eigenvalue weighted by Gasteiger charge is -2.30. The molecule has 0 heterocycles. The van der Waals surface area contributed by atoms with Crippen molar-refractivity contribution in [2.24, 2.45) is 5.92 Å². The first-order valence-electron chi connectivity index (χ1n) is 11.2. The largest absolute Gasteiger partial charge is 0.479 e. The highest BCUT2D eigenvalue weighted by Gasteiger charge is 2.45. The highest BCUT2D eigenvalue weighted by Crippen LogP contribution is 2.59. The number of carbonyl (C=O) groups excluding carboxylic acids is 1. The van der Waals surface area contributed by atoms with Crippen molar-refractivity contribution >= 4 is 64.7 Å². The highest BCUT2D eigenvalue weighted by molar-refractivity contribution is 8.25. The molecule has 16 nitrogen and oxygen atoms in total. The van der Waals surface area contributed by atoms with Crippen molar-refractivity contribution in [3.05, 3.63) is 0 Å². The summed E-state index contributed by atoms with van der Waals surface area (Å²) < 4.78 is 62.9. The summed E-state index contributed by atoms with van der Waals surface area (Å²) in [6, 6.07) is 0. The molecule has 232 valence electrons. The second-order valence-electron chi connectivity index (χ2n) is 8.58. The third kappa shape index (κ3) is 15.9. The summed E-state index contributed by atoms with van der Waals surface area (Å²) in [6.07, 6.45) is -3.58. The molecule has 0 aliphatic carbocycles. The van der Waals surface area contributed by atoms with Crippen LogP contribution in [0.3, 0.4) is 0 Å². The quantitative estimate of drug-likeness (QED) is 0.0440. The number of thiocarbonyl (C=S) groups is 1. The van der Waals surface area contributed by atoms with E-state index in [2.05, 4.69) is 0 Å². The second kappa shape index (κ2) is 16.8. The average molecular weight is 684 g/mol. The fraction of sp³-hybridized carbons (Fsp3) is 0.882. The topological polar surface area (TPSA) is 275 Å². The first-order chi connectivity index (χ1) is 17.5. The summed E-state index contributed by atoms with van der Waals surface area (Å²) in [5.74, 6) is -2.00. The van der Waals surface area contributed by atoms with Crippen LogP contribution in [0.2, 0.25) is 0 Å². The van der Waals surface area contributed by atoms with E-state index < -0.39 is 89.9 Å². The van der Waals surface area contributed by atoms with Gasteiger partial charge in [0, 0.05) is 7.11 Å². The summed E-state index contributed by atoms with van der Waals surface area (Å²) in [5, 5.41) is 0. The van der Waals surface area contributed by atoms with E-state index in [-0.39, 0.29) is 24.2 Å². The number of rotatable bonds is 18. The Morgan fingerprint density at radius 1 is 0.744 bits per heavy atom. The van der Waals surface area contributed by atoms with Crippen LogP contribution in [0.15, 0.2) is 0 Å². The number of ether oxygens (including phenoxy) is 3. The molecule has 0 aromatic heterocycles. The van der Waals surface area contributed by atoms with Crippen LogP contribution in [-0.4, -0.2) is 98.4 Å². The van der Waals surface area contributed by atoms with Crippen molar-refractivity contribution in [1.82, 2.24) is 0 Å². The molecule has 0 amide bonds. The molecular weight excluding hydrogens is 648 g/mol. The lowest BCUT2D eigenvalue weighted by atomic mass is 10.0. The van der Waals surface area contributed by atoms with Gasteiger partial charge in [-0.25, -0.2) is 0 Å². The van der Waals surface area contributed by atoms with E-state index in [9.17, 15) is 62.2 Å². The molecule has 0 spiro atoms. The van der Waals surface area contributed by atoms with Crippen LogP contribution < -0.4 is 0 Å². The van der Waals surface area contributed by atoms with Gasteiger partial charge in [0.25, 0.3) is 0 Å². The molecule has 0 rings (SSSR count). The van der Waals surface area contributed by atoms with Crippen LogP contribution >= 0.6 is 54.4 Å². The molecule has 22 heteroatoms. The molecule has 5 atom stereocenters. The Bertz CT molecular complexity index is 987. The summed E-state index contributed by atoms with van der Waals surface area (Å²) in [5.41, 5.74) is -5.92. The van der Waals surface area contributed by atoms with E-state index in [0.717, 1.165) is 0 Å². The van der Waals surface area contributed by atoms with E-state index in [1.807, 2.05) is 0 Å². The molecule has 8 N–H and O–H groups in total. The van der Waals surface area contributed by atoms with E-state index in [1.54, 1.807) is 0 Å². The molecule has 39 heavy (non-hydrogen) atoms. The van der Waals surface area contributed by atoms with Gasteiger partial charge in [0.2, 0.25) is 4.38 Å². The van der Waals surface area contributed by atoms with E-state index >= 15 is 0 Å². The number of hydrogen-bond donors (Lipinski definition) is 8. The first-order valence-corrected chi connectivity index (χ1v) is 19.2. The molecule has 0 radical (unpaired) electrons. The van der Waals surface area contributed by atoms with Gasteiger partial charge in [0.1, 0.15) is 11.6 Å². The lowest BCUT2D eigenvalue weighted by Crippen LogP contribution is -2.28. The molecular formula is C17H36O16P4S2. The molecule has 0 fully saturated rings. The standard InChI is InChI=1S/C17H36O16P4S2/c1-4-32-17(38)39-15(37(28,29)30)10-14(36(25,26)27)9-13(35(22,23)24)8-12(34(19,20)21)7-11(2)16(18)33-6-5-31-3/h11-15H,4-10H2,1-3H3,(H2,19,20,21)(H2,22,23,24)(H2,25,26,27)(H2,28,29,30). The summed E-state index contributed by atoms with van der Waals surface area (Å²) in [7, 11) is -19.4. The summed E-state index contributed by atoms with van der Waals surface area (Å²) >= 11 is 5.15. The van der Waals surface area contributed by atoms with Crippen LogP contribution in [0.5, 0.6) is 0 Å². The fourth-order valence-corrected chi connectivity index (χ4v) is 9.98.